The monoisotopic (exact) mass is 533 g/mol. The Labute approximate surface area is 194 Å². The van der Waals surface area contributed by atoms with Crippen LogP contribution in [0.1, 0.15) is 44.0 Å². The van der Waals surface area contributed by atoms with Gasteiger partial charge in [-0.05, 0) is 32.4 Å². The van der Waals surface area contributed by atoms with E-state index in [4.69, 9.17) is 4.74 Å². The summed E-state index contributed by atoms with van der Waals surface area (Å²) in [5.74, 6) is -0.810. The first kappa shape index (κ1) is 26.3. The number of nitrogens with one attached hydrogen (secondary N) is 2. The Balaban J connectivity index is 0.00000450. The number of aliphatic hydroxyl groups excluding tert-OH is 1. The molecule has 2 aromatic carbocycles. The van der Waals surface area contributed by atoms with Crippen molar-refractivity contribution in [3.05, 3.63) is 71.3 Å². The van der Waals surface area contributed by atoms with E-state index in [-0.39, 0.29) is 43.2 Å². The second-order valence-electron chi connectivity index (χ2n) is 6.79. The van der Waals surface area contributed by atoms with Crippen molar-refractivity contribution in [1.29, 1.82) is 0 Å². The first-order chi connectivity index (χ1) is 13.9. The van der Waals surface area contributed by atoms with Crippen molar-refractivity contribution in [3.63, 3.8) is 0 Å². The van der Waals surface area contributed by atoms with Crippen LogP contribution in [-0.4, -0.2) is 36.9 Å². The number of aliphatic imine (C=N–C) groups is 1. The molecule has 2 rings (SSSR count). The van der Waals surface area contributed by atoms with Crippen LogP contribution in [0.2, 0.25) is 0 Å². The molecule has 0 saturated carbocycles. The molecule has 0 fully saturated rings. The van der Waals surface area contributed by atoms with E-state index in [0.29, 0.717) is 18.1 Å². The van der Waals surface area contributed by atoms with E-state index < -0.39 is 23.8 Å². The number of aliphatic hydroxyl groups is 1. The highest BCUT2D eigenvalue weighted by Crippen LogP contribution is 2.18. The highest BCUT2D eigenvalue weighted by molar-refractivity contribution is 14.0. The molecule has 0 aliphatic carbocycles. The van der Waals surface area contributed by atoms with Crippen molar-refractivity contribution in [1.82, 2.24) is 10.6 Å². The summed E-state index contributed by atoms with van der Waals surface area (Å²) in [7, 11) is 0. The summed E-state index contributed by atoms with van der Waals surface area (Å²) in [6.07, 6.45) is -0.919. The molecule has 5 nitrogen and oxygen atoms in total. The zero-order chi connectivity index (χ0) is 21.2. The summed E-state index contributed by atoms with van der Waals surface area (Å²) in [5.41, 5.74) is 1.37. The first-order valence-electron chi connectivity index (χ1n) is 9.75. The van der Waals surface area contributed by atoms with E-state index in [1.54, 1.807) is 6.92 Å². The number of ether oxygens (including phenoxy) is 1. The van der Waals surface area contributed by atoms with Gasteiger partial charge in [0.15, 0.2) is 5.96 Å². The van der Waals surface area contributed by atoms with Crippen LogP contribution < -0.4 is 10.6 Å². The number of benzene rings is 2. The van der Waals surface area contributed by atoms with Crippen LogP contribution in [0.15, 0.2) is 53.5 Å². The van der Waals surface area contributed by atoms with Crippen LogP contribution in [0.25, 0.3) is 0 Å². The normalized spacial score (nSPS) is 14.4. The summed E-state index contributed by atoms with van der Waals surface area (Å²) in [6, 6.07) is 12.8. The van der Waals surface area contributed by atoms with Gasteiger partial charge in [0.05, 0.1) is 31.4 Å². The van der Waals surface area contributed by atoms with Gasteiger partial charge in [-0.2, -0.15) is 0 Å². The third kappa shape index (κ3) is 8.53. The highest BCUT2D eigenvalue weighted by atomic mass is 127. The summed E-state index contributed by atoms with van der Waals surface area (Å²) in [6.45, 7) is 6.44. The Kier molecular flexibility index (Phi) is 11.8. The average molecular weight is 533 g/mol. The summed E-state index contributed by atoms with van der Waals surface area (Å²) >= 11 is 0. The largest absolute Gasteiger partial charge is 0.389 e. The Hall–Kier alpha value is -1.78. The molecule has 3 N–H and O–H groups in total. The fourth-order valence-corrected chi connectivity index (χ4v) is 2.78. The SMILES string of the molecule is CCNC(=NCC(O)COC(C)c1ccccc1)NC(C)c1ccc(F)cc1F.I. The minimum Gasteiger partial charge on any atom is -0.389 e. The van der Waals surface area contributed by atoms with Gasteiger partial charge in [0.2, 0.25) is 0 Å². The van der Waals surface area contributed by atoms with Crippen LogP contribution in [0.3, 0.4) is 0 Å². The molecule has 0 aromatic heterocycles. The highest BCUT2D eigenvalue weighted by Gasteiger charge is 2.14. The van der Waals surface area contributed by atoms with Crippen LogP contribution >= 0.6 is 24.0 Å². The lowest BCUT2D eigenvalue weighted by molar-refractivity contribution is 0.00111. The number of halogens is 3. The topological polar surface area (TPSA) is 65.9 Å². The predicted molar refractivity (Wildman–Crippen MR) is 126 cm³/mol. The van der Waals surface area contributed by atoms with E-state index in [1.807, 2.05) is 44.2 Å². The summed E-state index contributed by atoms with van der Waals surface area (Å²) in [4.78, 5) is 4.34. The molecular weight excluding hydrogens is 503 g/mol. The van der Waals surface area contributed by atoms with E-state index in [1.165, 1.54) is 12.1 Å². The quantitative estimate of drug-likeness (QED) is 0.255. The molecule has 166 valence electrons. The fourth-order valence-electron chi connectivity index (χ4n) is 2.78. The van der Waals surface area contributed by atoms with Gasteiger partial charge in [-0.3, -0.25) is 4.99 Å². The van der Waals surface area contributed by atoms with Crippen molar-refractivity contribution in [2.45, 2.75) is 39.0 Å². The van der Waals surface area contributed by atoms with Crippen molar-refractivity contribution >= 4 is 29.9 Å². The molecule has 0 aliphatic heterocycles. The first-order valence-corrected chi connectivity index (χ1v) is 9.75. The Morgan fingerprint density at radius 3 is 2.47 bits per heavy atom. The third-order valence-electron chi connectivity index (χ3n) is 4.39. The molecule has 0 amide bonds. The summed E-state index contributed by atoms with van der Waals surface area (Å²) in [5, 5.41) is 16.3. The minimum absolute atomic E-state index is 0. The van der Waals surface area contributed by atoms with Crippen molar-refractivity contribution in [2.24, 2.45) is 4.99 Å². The maximum atomic E-state index is 14.0. The third-order valence-corrected chi connectivity index (χ3v) is 4.39. The van der Waals surface area contributed by atoms with Crippen molar-refractivity contribution in [2.75, 3.05) is 19.7 Å². The van der Waals surface area contributed by atoms with Gasteiger partial charge in [0.25, 0.3) is 0 Å². The molecule has 3 unspecified atom stereocenters. The van der Waals surface area contributed by atoms with Gasteiger partial charge in [0.1, 0.15) is 11.6 Å². The van der Waals surface area contributed by atoms with Crippen molar-refractivity contribution in [3.8, 4) is 0 Å². The van der Waals surface area contributed by atoms with Gasteiger partial charge >= 0.3 is 0 Å². The van der Waals surface area contributed by atoms with E-state index >= 15 is 0 Å². The molecule has 30 heavy (non-hydrogen) atoms. The Morgan fingerprint density at radius 1 is 1.13 bits per heavy atom. The molecule has 3 atom stereocenters. The van der Waals surface area contributed by atoms with Crippen LogP contribution in [0, 0.1) is 11.6 Å². The predicted octanol–water partition coefficient (Wildman–Crippen LogP) is 4.34. The van der Waals surface area contributed by atoms with Crippen LogP contribution in [0.5, 0.6) is 0 Å². The molecule has 0 radical (unpaired) electrons. The number of guanidine groups is 1. The van der Waals surface area contributed by atoms with Gasteiger partial charge < -0.3 is 20.5 Å². The van der Waals surface area contributed by atoms with Gasteiger partial charge in [0, 0.05) is 18.2 Å². The number of hydrogen-bond donors (Lipinski definition) is 3. The molecule has 2 aromatic rings. The summed E-state index contributed by atoms with van der Waals surface area (Å²) < 4.78 is 32.8. The lowest BCUT2D eigenvalue weighted by Crippen LogP contribution is -2.39. The lowest BCUT2D eigenvalue weighted by atomic mass is 10.1. The maximum Gasteiger partial charge on any atom is 0.191 e. The molecule has 0 bridgehead atoms. The zero-order valence-electron chi connectivity index (χ0n) is 17.4. The zero-order valence-corrected chi connectivity index (χ0v) is 19.8. The number of hydrogen-bond acceptors (Lipinski definition) is 3. The van der Waals surface area contributed by atoms with E-state index in [0.717, 1.165) is 11.6 Å². The molecule has 0 saturated heterocycles. The Morgan fingerprint density at radius 2 is 1.83 bits per heavy atom. The lowest BCUT2D eigenvalue weighted by Gasteiger charge is -2.20. The fraction of sp³-hybridized carbons (Fsp3) is 0.409. The van der Waals surface area contributed by atoms with E-state index in [2.05, 4.69) is 15.6 Å². The van der Waals surface area contributed by atoms with Gasteiger partial charge in [-0.15, -0.1) is 24.0 Å². The van der Waals surface area contributed by atoms with Crippen molar-refractivity contribution < 1.29 is 18.6 Å². The van der Waals surface area contributed by atoms with Gasteiger partial charge in [-0.1, -0.05) is 36.4 Å². The van der Waals surface area contributed by atoms with E-state index in [9.17, 15) is 13.9 Å². The molecule has 0 aliphatic rings. The smallest absolute Gasteiger partial charge is 0.191 e. The molecule has 8 heteroatoms. The minimum atomic E-state index is -0.783. The molecular formula is C22H30F2IN3O2. The number of nitrogens with zero attached hydrogens (tertiary/aromatic N) is 1. The second kappa shape index (κ2) is 13.5. The standard InChI is InChI=1S/C22H29F2N3O2.HI/c1-4-25-22(27-15(2)20-11-10-18(23)12-21(20)24)26-13-19(28)14-29-16(3)17-8-6-5-7-9-17;/h5-12,15-16,19,28H,4,13-14H2,1-3H3,(H2,25,26,27);1H. The van der Waals surface area contributed by atoms with Gasteiger partial charge in [-0.25, -0.2) is 8.78 Å². The van der Waals surface area contributed by atoms with Crippen LogP contribution in [0.4, 0.5) is 8.78 Å². The van der Waals surface area contributed by atoms with Crippen LogP contribution in [-0.2, 0) is 4.74 Å². The average Bonchev–Trinajstić information content (AvgIpc) is 2.70. The number of rotatable bonds is 9. The second-order valence-corrected chi connectivity index (χ2v) is 6.79. The molecule has 0 heterocycles. The molecule has 0 spiro atoms. The Bertz CT molecular complexity index is 793. The maximum absolute atomic E-state index is 14.0.